The molecule has 102 valence electrons. The molecular formula is C15H19ClN2O. The maximum absolute atomic E-state index is 10.4. The number of nitrogens with zero attached hydrogens (tertiary/aromatic N) is 2. The van der Waals surface area contributed by atoms with Gasteiger partial charge in [-0.3, -0.25) is 4.68 Å². The van der Waals surface area contributed by atoms with Gasteiger partial charge in [0.15, 0.2) is 0 Å². The fourth-order valence-corrected chi connectivity index (χ4v) is 2.27. The highest BCUT2D eigenvalue weighted by Crippen LogP contribution is 2.20. The van der Waals surface area contributed by atoms with Crippen LogP contribution in [-0.2, 0) is 19.9 Å². The zero-order chi connectivity index (χ0) is 13.9. The lowest BCUT2D eigenvalue weighted by atomic mass is 9.91. The summed E-state index contributed by atoms with van der Waals surface area (Å²) in [6.07, 6.45) is 6.00. The summed E-state index contributed by atoms with van der Waals surface area (Å²) in [7, 11) is 1.90. The molecule has 2 rings (SSSR count). The molecule has 1 heterocycles. The maximum Gasteiger partial charge on any atom is 0.0663 e. The monoisotopic (exact) mass is 278 g/mol. The first kappa shape index (κ1) is 14.1. The van der Waals surface area contributed by atoms with Crippen LogP contribution in [0.5, 0.6) is 0 Å². The van der Waals surface area contributed by atoms with Crippen LogP contribution in [0.15, 0.2) is 36.7 Å². The summed E-state index contributed by atoms with van der Waals surface area (Å²) in [6.45, 7) is 1.87. The average molecular weight is 279 g/mol. The van der Waals surface area contributed by atoms with Crippen LogP contribution in [0.2, 0.25) is 5.02 Å². The molecule has 3 nitrogen and oxygen atoms in total. The van der Waals surface area contributed by atoms with E-state index in [9.17, 15) is 5.11 Å². The Morgan fingerprint density at radius 2 is 1.95 bits per heavy atom. The minimum absolute atomic E-state index is 0.629. The SMILES string of the molecule is Cn1cc(CCC(C)(O)Cc2ccc(Cl)cc2)cn1. The van der Waals surface area contributed by atoms with Crippen molar-refractivity contribution in [1.29, 1.82) is 0 Å². The third-order valence-corrected chi connectivity index (χ3v) is 3.46. The highest BCUT2D eigenvalue weighted by molar-refractivity contribution is 6.30. The molecule has 0 fully saturated rings. The van der Waals surface area contributed by atoms with E-state index in [1.54, 1.807) is 4.68 Å². The number of benzene rings is 1. The fourth-order valence-electron chi connectivity index (χ4n) is 2.14. The van der Waals surface area contributed by atoms with Crippen molar-refractivity contribution >= 4 is 11.6 Å². The quantitative estimate of drug-likeness (QED) is 0.913. The number of aliphatic hydroxyl groups is 1. The Hall–Kier alpha value is -1.32. The minimum atomic E-state index is -0.719. The molecule has 1 unspecified atom stereocenters. The van der Waals surface area contributed by atoms with Gasteiger partial charge in [-0.2, -0.15) is 5.10 Å². The van der Waals surface area contributed by atoms with E-state index < -0.39 is 5.60 Å². The van der Waals surface area contributed by atoms with E-state index in [1.807, 2.05) is 50.6 Å². The van der Waals surface area contributed by atoms with Crippen molar-refractivity contribution in [2.75, 3.05) is 0 Å². The topological polar surface area (TPSA) is 38.0 Å². The van der Waals surface area contributed by atoms with Gasteiger partial charge in [-0.1, -0.05) is 23.7 Å². The molecule has 0 saturated heterocycles. The summed E-state index contributed by atoms with van der Waals surface area (Å²) < 4.78 is 1.78. The molecule has 2 aromatic rings. The number of halogens is 1. The molecule has 1 aromatic carbocycles. The molecule has 1 aromatic heterocycles. The van der Waals surface area contributed by atoms with E-state index in [-0.39, 0.29) is 0 Å². The van der Waals surface area contributed by atoms with Crippen molar-refractivity contribution in [2.24, 2.45) is 7.05 Å². The highest BCUT2D eigenvalue weighted by atomic mass is 35.5. The summed E-state index contributed by atoms with van der Waals surface area (Å²) in [5.41, 5.74) is 1.53. The van der Waals surface area contributed by atoms with Crippen LogP contribution in [0, 0.1) is 0 Å². The molecule has 0 aliphatic heterocycles. The second kappa shape index (κ2) is 5.76. The van der Waals surface area contributed by atoms with E-state index in [0.29, 0.717) is 12.8 Å². The van der Waals surface area contributed by atoms with E-state index in [1.165, 1.54) is 0 Å². The average Bonchev–Trinajstić information content (AvgIpc) is 2.76. The van der Waals surface area contributed by atoms with Gasteiger partial charge in [-0.15, -0.1) is 0 Å². The van der Waals surface area contributed by atoms with Gasteiger partial charge >= 0.3 is 0 Å². The lowest BCUT2D eigenvalue weighted by molar-refractivity contribution is 0.0516. The van der Waals surface area contributed by atoms with E-state index >= 15 is 0 Å². The van der Waals surface area contributed by atoms with E-state index in [2.05, 4.69) is 5.10 Å². The predicted octanol–water partition coefficient (Wildman–Crippen LogP) is 3.00. The van der Waals surface area contributed by atoms with Gasteiger partial charge in [0.05, 0.1) is 11.8 Å². The van der Waals surface area contributed by atoms with Gasteiger partial charge in [0, 0.05) is 24.7 Å². The zero-order valence-electron chi connectivity index (χ0n) is 11.3. The molecule has 0 bridgehead atoms. The molecule has 0 radical (unpaired) electrons. The Balaban J connectivity index is 1.92. The normalized spacial score (nSPS) is 14.3. The van der Waals surface area contributed by atoms with Crippen LogP contribution in [0.4, 0.5) is 0 Å². The van der Waals surface area contributed by atoms with Gasteiger partial charge in [-0.25, -0.2) is 0 Å². The van der Waals surface area contributed by atoms with E-state index in [4.69, 9.17) is 11.6 Å². The second-order valence-electron chi connectivity index (χ2n) is 5.32. The molecule has 0 saturated carbocycles. The van der Waals surface area contributed by atoms with Gasteiger partial charge in [0.2, 0.25) is 0 Å². The van der Waals surface area contributed by atoms with Crippen LogP contribution >= 0.6 is 11.6 Å². The zero-order valence-corrected chi connectivity index (χ0v) is 12.1. The van der Waals surface area contributed by atoms with Crippen molar-refractivity contribution in [3.05, 3.63) is 52.8 Å². The Bertz CT molecular complexity index is 531. The first-order valence-corrected chi connectivity index (χ1v) is 6.77. The molecule has 1 N–H and O–H groups in total. The van der Waals surface area contributed by atoms with Crippen LogP contribution in [0.25, 0.3) is 0 Å². The Labute approximate surface area is 118 Å². The summed E-state index contributed by atoms with van der Waals surface area (Å²) in [5.74, 6) is 0. The van der Waals surface area contributed by atoms with Crippen LogP contribution in [0.1, 0.15) is 24.5 Å². The summed E-state index contributed by atoms with van der Waals surface area (Å²) in [4.78, 5) is 0. The number of hydrogen-bond acceptors (Lipinski definition) is 2. The molecule has 0 spiro atoms. The summed E-state index contributed by atoms with van der Waals surface area (Å²) >= 11 is 5.85. The van der Waals surface area contributed by atoms with Crippen LogP contribution in [0.3, 0.4) is 0 Å². The number of rotatable bonds is 5. The molecule has 0 amide bonds. The van der Waals surface area contributed by atoms with Crippen LogP contribution in [-0.4, -0.2) is 20.5 Å². The second-order valence-corrected chi connectivity index (χ2v) is 5.76. The number of aromatic nitrogens is 2. The lowest BCUT2D eigenvalue weighted by Gasteiger charge is -2.23. The van der Waals surface area contributed by atoms with E-state index in [0.717, 1.165) is 22.6 Å². The van der Waals surface area contributed by atoms with Gasteiger partial charge in [-0.05, 0) is 43.0 Å². The van der Waals surface area contributed by atoms with Crippen molar-refractivity contribution in [1.82, 2.24) is 9.78 Å². The van der Waals surface area contributed by atoms with Crippen molar-refractivity contribution in [2.45, 2.75) is 31.8 Å². The molecule has 19 heavy (non-hydrogen) atoms. The third kappa shape index (κ3) is 4.37. The highest BCUT2D eigenvalue weighted by Gasteiger charge is 2.21. The van der Waals surface area contributed by atoms with Crippen molar-refractivity contribution in [3.8, 4) is 0 Å². The predicted molar refractivity (Wildman–Crippen MR) is 77.3 cm³/mol. The number of hydrogen-bond donors (Lipinski definition) is 1. The standard InChI is InChI=1S/C15H19ClN2O/c1-15(19,8-7-13-10-17-18(2)11-13)9-12-3-5-14(16)6-4-12/h3-6,10-11,19H,7-9H2,1-2H3. The molecule has 4 heteroatoms. The molecule has 0 aliphatic rings. The molecule has 0 aliphatic carbocycles. The number of aryl methyl sites for hydroxylation is 2. The third-order valence-electron chi connectivity index (χ3n) is 3.21. The Morgan fingerprint density at radius 3 is 2.53 bits per heavy atom. The fraction of sp³-hybridized carbons (Fsp3) is 0.400. The first-order chi connectivity index (χ1) is 8.94. The lowest BCUT2D eigenvalue weighted by Crippen LogP contribution is -2.27. The maximum atomic E-state index is 10.4. The Morgan fingerprint density at radius 1 is 1.26 bits per heavy atom. The van der Waals surface area contributed by atoms with Gasteiger partial charge < -0.3 is 5.11 Å². The molecule has 1 atom stereocenters. The van der Waals surface area contributed by atoms with Crippen molar-refractivity contribution in [3.63, 3.8) is 0 Å². The smallest absolute Gasteiger partial charge is 0.0663 e. The molecular weight excluding hydrogens is 260 g/mol. The summed E-state index contributed by atoms with van der Waals surface area (Å²) in [6, 6.07) is 7.63. The van der Waals surface area contributed by atoms with Crippen molar-refractivity contribution < 1.29 is 5.11 Å². The van der Waals surface area contributed by atoms with Gasteiger partial charge in [0.1, 0.15) is 0 Å². The van der Waals surface area contributed by atoms with Gasteiger partial charge in [0.25, 0.3) is 0 Å². The largest absolute Gasteiger partial charge is 0.390 e. The summed E-state index contributed by atoms with van der Waals surface area (Å²) in [5, 5.41) is 15.3. The Kier molecular flexibility index (Phi) is 4.27. The first-order valence-electron chi connectivity index (χ1n) is 6.39. The van der Waals surface area contributed by atoms with Crippen LogP contribution < -0.4 is 0 Å². The minimum Gasteiger partial charge on any atom is -0.390 e.